The number of carbonyl (C=O) groups is 5. The van der Waals surface area contributed by atoms with Crippen LogP contribution in [0.25, 0.3) is 0 Å². The van der Waals surface area contributed by atoms with E-state index in [-0.39, 0.29) is 15.2 Å². The number of halogens is 1. The Labute approximate surface area is 247 Å². The first-order chi connectivity index (χ1) is 18.3. The van der Waals surface area contributed by atoms with Gasteiger partial charge in [-0.05, 0) is 33.3 Å². The van der Waals surface area contributed by atoms with E-state index in [4.69, 9.17) is 15.2 Å². The Hall–Kier alpha value is -2.04. The van der Waals surface area contributed by atoms with Gasteiger partial charge in [0.2, 0.25) is 24.5 Å². The predicted molar refractivity (Wildman–Crippen MR) is 152 cm³/mol. The van der Waals surface area contributed by atoms with Gasteiger partial charge in [-0.15, -0.1) is 23.5 Å². The third-order valence-corrected chi connectivity index (χ3v) is 12.2. The van der Waals surface area contributed by atoms with Crippen molar-refractivity contribution in [2.75, 3.05) is 6.79 Å². The van der Waals surface area contributed by atoms with Crippen LogP contribution in [0.3, 0.4) is 0 Å². The van der Waals surface area contributed by atoms with Crippen molar-refractivity contribution in [3.05, 3.63) is 35.9 Å². The zero-order valence-corrected chi connectivity index (χ0v) is 25.4. The van der Waals surface area contributed by atoms with E-state index >= 15 is 0 Å². The molecule has 0 spiro atoms. The minimum atomic E-state index is -0.936. The minimum Gasteiger partial charge on any atom is -0.426 e. The molecule has 0 bridgehead atoms. The molecule has 210 valence electrons. The number of alkyl halides is 1. The largest absolute Gasteiger partial charge is 0.426 e. The summed E-state index contributed by atoms with van der Waals surface area (Å²) >= 11 is 5.00. The average Bonchev–Trinajstić information content (AvgIpc) is 3.31. The lowest BCUT2D eigenvalue weighted by Crippen LogP contribution is -2.71. The summed E-state index contributed by atoms with van der Waals surface area (Å²) in [5.74, 6) is -2.37. The molecule has 4 aliphatic heterocycles. The normalized spacial score (nSPS) is 32.4. The van der Waals surface area contributed by atoms with Gasteiger partial charge >= 0.3 is 11.9 Å². The quantitative estimate of drug-likeness (QED) is 0.141. The van der Waals surface area contributed by atoms with Crippen LogP contribution in [0.5, 0.6) is 0 Å². The lowest BCUT2D eigenvalue weighted by atomic mass is 9.95. The van der Waals surface area contributed by atoms with Crippen LogP contribution in [0.2, 0.25) is 0 Å². The van der Waals surface area contributed by atoms with Gasteiger partial charge < -0.3 is 30.3 Å². The molecule has 4 fully saturated rings. The summed E-state index contributed by atoms with van der Waals surface area (Å²) in [6.45, 7) is 6.74. The first-order valence-corrected chi connectivity index (χ1v) is 15.3. The highest BCUT2D eigenvalue weighted by Crippen LogP contribution is 2.53. The first kappa shape index (κ1) is 28.5. The Morgan fingerprint density at radius 2 is 1.46 bits per heavy atom. The Bertz CT molecular complexity index is 1230. The number of nitrogens with one attached hydrogen (secondary N) is 1. The monoisotopic (exact) mass is 688 g/mol. The van der Waals surface area contributed by atoms with Crippen molar-refractivity contribution in [1.82, 2.24) is 15.1 Å². The highest BCUT2D eigenvalue weighted by molar-refractivity contribution is 14.1. The maximum absolute atomic E-state index is 13.1. The Morgan fingerprint density at radius 3 is 2.03 bits per heavy atom. The molecule has 14 heteroatoms. The van der Waals surface area contributed by atoms with E-state index in [1.165, 1.54) is 21.6 Å². The summed E-state index contributed by atoms with van der Waals surface area (Å²) in [5.41, 5.74) is 6.69. The first-order valence-electron chi connectivity index (χ1n) is 12.3. The summed E-state index contributed by atoms with van der Waals surface area (Å²) < 4.78 is 9.11. The van der Waals surface area contributed by atoms with Gasteiger partial charge in [-0.1, -0.05) is 52.9 Å². The number of thioether (sulfide) groups is 2. The number of benzene rings is 1. The van der Waals surface area contributed by atoms with Crippen LogP contribution in [-0.2, 0) is 33.4 Å². The van der Waals surface area contributed by atoms with Gasteiger partial charge in [-0.25, -0.2) is 9.59 Å². The van der Waals surface area contributed by atoms with Crippen molar-refractivity contribution in [1.29, 1.82) is 0 Å². The third-order valence-electron chi connectivity index (χ3n) is 7.40. The Kier molecular flexibility index (Phi) is 7.38. The van der Waals surface area contributed by atoms with Crippen molar-refractivity contribution >= 4 is 75.8 Å². The highest BCUT2D eigenvalue weighted by Gasteiger charge is 2.65. The van der Waals surface area contributed by atoms with E-state index < -0.39 is 69.6 Å². The molecular weight excluding hydrogens is 659 g/mol. The molecule has 0 saturated carbocycles. The minimum absolute atomic E-state index is 0.0884. The molecule has 1 unspecified atom stereocenters. The van der Waals surface area contributed by atoms with Crippen LogP contribution >= 0.6 is 46.1 Å². The number of rotatable bonds is 7. The number of nitrogens with zero attached hydrogens (tertiary/aromatic N) is 2. The molecule has 11 nitrogen and oxygen atoms in total. The lowest BCUT2D eigenvalue weighted by molar-refractivity contribution is -0.181. The average molecular weight is 689 g/mol. The van der Waals surface area contributed by atoms with Crippen molar-refractivity contribution < 1.29 is 33.4 Å². The van der Waals surface area contributed by atoms with Crippen LogP contribution in [0.4, 0.5) is 0 Å². The Morgan fingerprint density at radius 1 is 0.949 bits per heavy atom. The SMILES string of the molecule is CC1(C)S[C@@H]2[C@H](I)C(=O)N2[C@H]1C(=O)OCOC(=O)[C@@H]1N2C(=O)[C@@H](NC(=O)C(N)c3ccccc3)[C@H]2SC1(C)C. The number of hydrogen-bond acceptors (Lipinski definition) is 10. The molecule has 4 saturated heterocycles. The van der Waals surface area contributed by atoms with Gasteiger partial charge in [0.25, 0.3) is 0 Å². The van der Waals surface area contributed by atoms with Crippen LogP contribution in [0.1, 0.15) is 39.3 Å². The van der Waals surface area contributed by atoms with E-state index in [0.29, 0.717) is 5.56 Å². The number of β-lactam (4-membered cyclic amide) rings is 2. The maximum atomic E-state index is 13.1. The van der Waals surface area contributed by atoms with E-state index in [9.17, 15) is 24.0 Å². The maximum Gasteiger partial charge on any atom is 0.333 e. The van der Waals surface area contributed by atoms with Crippen LogP contribution < -0.4 is 11.1 Å². The van der Waals surface area contributed by atoms with Crippen LogP contribution in [0.15, 0.2) is 30.3 Å². The molecule has 4 aliphatic rings. The van der Waals surface area contributed by atoms with Gasteiger partial charge in [0.15, 0.2) is 0 Å². The molecule has 3 amide bonds. The summed E-state index contributed by atoms with van der Waals surface area (Å²) in [6.07, 6.45) is 0. The molecule has 7 atom stereocenters. The molecule has 0 radical (unpaired) electrons. The van der Waals surface area contributed by atoms with Gasteiger partial charge in [0.1, 0.15) is 38.8 Å². The van der Waals surface area contributed by atoms with E-state index in [1.54, 1.807) is 36.0 Å². The van der Waals surface area contributed by atoms with Crippen LogP contribution in [0, 0.1) is 0 Å². The lowest BCUT2D eigenvalue weighted by Gasteiger charge is -2.44. The number of ether oxygens (including phenoxy) is 2. The molecule has 5 rings (SSSR count). The third kappa shape index (κ3) is 4.70. The molecule has 0 aromatic heterocycles. The predicted octanol–water partition coefficient (Wildman–Crippen LogP) is 1.14. The van der Waals surface area contributed by atoms with Gasteiger partial charge in [-0.2, -0.15) is 0 Å². The zero-order chi connectivity index (χ0) is 28.4. The molecule has 39 heavy (non-hydrogen) atoms. The molecule has 1 aromatic rings. The number of hydrogen-bond donors (Lipinski definition) is 2. The molecule has 3 N–H and O–H groups in total. The van der Waals surface area contributed by atoms with Gasteiger partial charge in [0.05, 0.1) is 0 Å². The second kappa shape index (κ2) is 10.1. The zero-order valence-electron chi connectivity index (χ0n) is 21.7. The summed E-state index contributed by atoms with van der Waals surface area (Å²) in [4.78, 5) is 66.9. The van der Waals surface area contributed by atoms with Gasteiger partial charge in [0, 0.05) is 9.49 Å². The molecular formula is C25H29IN4O7S2. The molecule has 0 aliphatic carbocycles. The number of esters is 2. The highest BCUT2D eigenvalue weighted by atomic mass is 127. The second-order valence-electron chi connectivity index (χ2n) is 10.8. The number of amides is 3. The van der Waals surface area contributed by atoms with Crippen LogP contribution in [-0.4, -0.2) is 88.5 Å². The molecule has 1 aromatic carbocycles. The van der Waals surface area contributed by atoms with E-state index in [2.05, 4.69) is 27.9 Å². The fourth-order valence-corrected chi connectivity index (χ4v) is 9.70. The van der Waals surface area contributed by atoms with E-state index in [1.807, 2.05) is 33.8 Å². The van der Waals surface area contributed by atoms with Crippen molar-refractivity contribution in [3.8, 4) is 0 Å². The Balaban J connectivity index is 1.17. The fraction of sp³-hybridized carbons (Fsp3) is 0.560. The number of nitrogens with two attached hydrogens (primary N) is 1. The van der Waals surface area contributed by atoms with Crippen molar-refractivity contribution in [2.45, 2.75) is 76.0 Å². The standard InChI is InChI=1S/C25H29IN4O7S2/c1-24(2)15(29-18(32)12(26)20(29)38-24)22(34)36-10-37-23(35)16-25(3,4)39-21-14(19(33)30(16)21)28-17(31)13(27)11-8-6-5-7-9-11/h5-9,12-16,20-21H,10,27H2,1-4H3,(H,28,31)/t12-,13?,14-,15+,16+,20-,21-/m1/s1. The fourth-order valence-electron chi connectivity index (χ4n) is 5.43. The topological polar surface area (TPSA) is 148 Å². The van der Waals surface area contributed by atoms with Gasteiger partial charge in [-0.3, -0.25) is 14.4 Å². The van der Waals surface area contributed by atoms with Crippen molar-refractivity contribution in [3.63, 3.8) is 0 Å². The number of carbonyl (C=O) groups excluding carboxylic acids is 5. The summed E-state index contributed by atoms with van der Waals surface area (Å²) in [6, 6.07) is 5.36. The smallest absolute Gasteiger partial charge is 0.333 e. The second-order valence-corrected chi connectivity index (χ2v) is 15.7. The van der Waals surface area contributed by atoms with E-state index in [0.717, 1.165) is 0 Å². The van der Waals surface area contributed by atoms with Crippen molar-refractivity contribution in [2.24, 2.45) is 5.73 Å². The molecule has 4 heterocycles. The summed E-state index contributed by atoms with van der Waals surface area (Å²) in [5, 5.41) is 2.16. The number of fused-ring (bicyclic) bond motifs is 2. The summed E-state index contributed by atoms with van der Waals surface area (Å²) in [7, 11) is 0.